The van der Waals surface area contributed by atoms with Crippen molar-refractivity contribution < 1.29 is 4.79 Å². The van der Waals surface area contributed by atoms with Gasteiger partial charge in [0.25, 0.3) is 5.56 Å². The van der Waals surface area contributed by atoms with Gasteiger partial charge in [-0.15, -0.1) is 22.7 Å². The van der Waals surface area contributed by atoms with Crippen LogP contribution in [0.1, 0.15) is 33.7 Å². The Labute approximate surface area is 247 Å². The van der Waals surface area contributed by atoms with E-state index in [1.807, 2.05) is 36.4 Å². The number of thioether (sulfide) groups is 1. The first-order chi connectivity index (χ1) is 19.0. The summed E-state index contributed by atoms with van der Waals surface area (Å²) in [5.74, 6) is -0.127. The second-order valence-electron chi connectivity index (χ2n) is 9.14. The summed E-state index contributed by atoms with van der Waals surface area (Å²) in [5.41, 5.74) is 2.76. The molecule has 2 aromatic carbocycles. The van der Waals surface area contributed by atoms with Crippen LogP contribution in [0.25, 0.3) is 15.9 Å². The molecule has 5 aromatic rings. The van der Waals surface area contributed by atoms with Gasteiger partial charge >= 0.3 is 0 Å². The van der Waals surface area contributed by atoms with Gasteiger partial charge in [0.15, 0.2) is 10.3 Å². The number of amides is 1. The molecule has 6 nitrogen and oxygen atoms in total. The number of carbonyl (C=O) groups is 1. The molecule has 0 fully saturated rings. The largest absolute Gasteiger partial charge is 0.301 e. The van der Waals surface area contributed by atoms with Gasteiger partial charge in [-0.3, -0.25) is 14.2 Å². The molecule has 1 aliphatic rings. The van der Waals surface area contributed by atoms with Crippen LogP contribution in [0.4, 0.5) is 5.13 Å². The van der Waals surface area contributed by atoms with Gasteiger partial charge in [-0.05, 0) is 61.1 Å². The summed E-state index contributed by atoms with van der Waals surface area (Å²) in [7, 11) is 0. The normalized spacial score (nSPS) is 13.0. The molecule has 0 saturated carbocycles. The number of anilines is 1. The predicted octanol–water partition coefficient (Wildman–Crippen LogP) is 7.41. The summed E-state index contributed by atoms with van der Waals surface area (Å²) in [5, 5.41) is 5.80. The van der Waals surface area contributed by atoms with E-state index in [0.29, 0.717) is 26.8 Å². The smallest absolute Gasteiger partial charge is 0.267 e. The number of fused-ring (bicyclic) bond motifs is 3. The lowest BCUT2D eigenvalue weighted by Gasteiger charge is -2.13. The lowest BCUT2D eigenvalue weighted by Crippen LogP contribution is -2.23. The number of benzene rings is 2. The van der Waals surface area contributed by atoms with Crippen molar-refractivity contribution in [2.45, 2.75) is 37.3 Å². The Morgan fingerprint density at radius 3 is 2.72 bits per heavy atom. The zero-order valence-electron chi connectivity index (χ0n) is 20.6. The number of thiazole rings is 1. The maximum absolute atomic E-state index is 13.8. The third-order valence-corrected chi connectivity index (χ3v) is 10.1. The van der Waals surface area contributed by atoms with Crippen molar-refractivity contribution in [2.75, 3.05) is 11.1 Å². The number of rotatable bonds is 7. The second-order valence-corrected chi connectivity index (χ2v) is 13.1. The number of nitrogens with zero attached hydrogens (tertiary/aromatic N) is 3. The Kier molecular flexibility index (Phi) is 7.77. The van der Waals surface area contributed by atoms with Gasteiger partial charge in [0.05, 0.1) is 16.8 Å². The van der Waals surface area contributed by atoms with E-state index in [-0.39, 0.29) is 17.2 Å². The van der Waals surface area contributed by atoms with Gasteiger partial charge in [-0.25, -0.2) is 9.97 Å². The number of halogens is 2. The minimum Gasteiger partial charge on any atom is -0.301 e. The fraction of sp³-hybridized carbons (Fsp3) is 0.214. The molecule has 0 unspecified atom stereocenters. The van der Waals surface area contributed by atoms with Crippen LogP contribution in [0.2, 0.25) is 10.0 Å². The summed E-state index contributed by atoms with van der Waals surface area (Å²) in [6, 6.07) is 14.9. The molecule has 0 aliphatic heterocycles. The lowest BCUT2D eigenvalue weighted by molar-refractivity contribution is -0.113. The highest BCUT2D eigenvalue weighted by atomic mass is 35.5. The van der Waals surface area contributed by atoms with Crippen LogP contribution in [-0.2, 0) is 24.1 Å². The van der Waals surface area contributed by atoms with Gasteiger partial charge in [0.2, 0.25) is 5.91 Å². The van der Waals surface area contributed by atoms with Crippen LogP contribution in [0, 0.1) is 0 Å². The van der Waals surface area contributed by atoms with Crippen LogP contribution < -0.4 is 10.9 Å². The van der Waals surface area contributed by atoms with E-state index >= 15 is 0 Å². The molecule has 0 radical (unpaired) electrons. The number of hydrogen-bond donors (Lipinski definition) is 1. The van der Waals surface area contributed by atoms with E-state index < -0.39 is 0 Å². The quantitative estimate of drug-likeness (QED) is 0.153. The van der Waals surface area contributed by atoms with Crippen LogP contribution in [0.5, 0.6) is 0 Å². The van der Waals surface area contributed by atoms with Gasteiger partial charge in [-0.2, -0.15) is 0 Å². The number of thiophene rings is 1. The zero-order chi connectivity index (χ0) is 26.9. The summed E-state index contributed by atoms with van der Waals surface area (Å²) < 4.78 is 1.64. The maximum Gasteiger partial charge on any atom is 0.267 e. The monoisotopic (exact) mass is 612 g/mol. The van der Waals surface area contributed by atoms with Gasteiger partial charge in [0.1, 0.15) is 4.83 Å². The number of carbonyl (C=O) groups excluding carboxylic acids is 1. The molecule has 0 atom stereocenters. The zero-order valence-corrected chi connectivity index (χ0v) is 24.5. The number of nitrogens with one attached hydrogen (secondary N) is 1. The number of para-hydroxylation sites is 1. The second kappa shape index (κ2) is 11.4. The first-order valence-electron chi connectivity index (χ1n) is 12.4. The molecule has 198 valence electrons. The first kappa shape index (κ1) is 26.5. The molecule has 3 heterocycles. The van der Waals surface area contributed by atoms with E-state index in [2.05, 4.69) is 10.3 Å². The van der Waals surface area contributed by atoms with Gasteiger partial charge < -0.3 is 5.32 Å². The van der Waals surface area contributed by atoms with E-state index in [9.17, 15) is 9.59 Å². The summed E-state index contributed by atoms with van der Waals surface area (Å²) in [6.45, 7) is 0. The van der Waals surface area contributed by atoms with Crippen LogP contribution in [0.3, 0.4) is 0 Å². The minimum atomic E-state index is -0.218. The Hall–Kier alpha value is -2.69. The third-order valence-electron chi connectivity index (χ3n) is 6.48. The highest BCUT2D eigenvalue weighted by Gasteiger charge is 2.23. The van der Waals surface area contributed by atoms with Crippen molar-refractivity contribution in [3.05, 3.63) is 96.0 Å². The standard InChI is InChI=1S/C28H22Cl2N4O2S3/c29-17-11-10-16(21(30)13-17)12-19-14-31-27(38-19)32-23(35)15-37-28-33-25-24(20-8-4-5-9-22(20)39-25)26(36)34(28)18-6-2-1-3-7-18/h1-3,6-7,10-11,13-14H,4-5,8-9,12,15H2,(H,31,32,35). The average Bonchev–Trinajstić information content (AvgIpc) is 3.53. The summed E-state index contributed by atoms with van der Waals surface area (Å²) in [4.78, 5) is 38.9. The van der Waals surface area contributed by atoms with Crippen molar-refractivity contribution in [1.29, 1.82) is 0 Å². The van der Waals surface area contributed by atoms with E-state index in [0.717, 1.165) is 57.6 Å². The molecule has 0 saturated heterocycles. The van der Waals surface area contributed by atoms with Gasteiger partial charge in [0, 0.05) is 32.4 Å². The Balaban J connectivity index is 1.22. The molecule has 11 heteroatoms. The SMILES string of the molecule is O=C(CSc1nc2sc3c(c2c(=O)n1-c1ccccc1)CCCC3)Nc1ncc(Cc2ccc(Cl)cc2Cl)s1. The molecule has 3 aromatic heterocycles. The summed E-state index contributed by atoms with van der Waals surface area (Å²) in [6.07, 6.45) is 6.46. The van der Waals surface area contributed by atoms with Gasteiger partial charge in [-0.1, -0.05) is 59.2 Å². The van der Waals surface area contributed by atoms with Crippen LogP contribution in [0.15, 0.2) is 64.7 Å². The molecule has 1 N–H and O–H groups in total. The van der Waals surface area contributed by atoms with Crippen molar-refractivity contribution in [3.8, 4) is 5.69 Å². The van der Waals surface area contributed by atoms with Crippen molar-refractivity contribution >= 4 is 78.9 Å². The molecule has 39 heavy (non-hydrogen) atoms. The van der Waals surface area contributed by atoms with E-state index in [4.69, 9.17) is 28.2 Å². The van der Waals surface area contributed by atoms with Crippen LogP contribution in [-0.4, -0.2) is 26.2 Å². The molecular weight excluding hydrogens is 591 g/mol. The molecular formula is C28H22Cl2N4O2S3. The van der Waals surface area contributed by atoms with Crippen molar-refractivity contribution in [2.24, 2.45) is 0 Å². The Morgan fingerprint density at radius 1 is 1.08 bits per heavy atom. The van der Waals surface area contributed by atoms with E-state index in [1.165, 1.54) is 28.0 Å². The molecule has 1 aliphatic carbocycles. The number of hydrogen-bond acceptors (Lipinski definition) is 7. The molecule has 0 spiro atoms. The third kappa shape index (κ3) is 5.64. The maximum atomic E-state index is 13.8. The lowest BCUT2D eigenvalue weighted by atomic mass is 9.97. The molecule has 0 bridgehead atoms. The van der Waals surface area contributed by atoms with E-state index in [1.54, 1.807) is 34.2 Å². The van der Waals surface area contributed by atoms with Crippen LogP contribution >= 0.6 is 57.6 Å². The summed E-state index contributed by atoms with van der Waals surface area (Å²) >= 11 is 16.6. The molecule has 1 amide bonds. The van der Waals surface area contributed by atoms with Crippen molar-refractivity contribution in [3.63, 3.8) is 0 Å². The fourth-order valence-corrected chi connectivity index (χ4v) is 8.12. The minimum absolute atomic E-state index is 0.0704. The molecule has 6 rings (SSSR count). The number of aryl methyl sites for hydroxylation is 2. The average molecular weight is 614 g/mol. The van der Waals surface area contributed by atoms with Crippen molar-refractivity contribution in [1.82, 2.24) is 14.5 Å². The first-order valence-corrected chi connectivity index (χ1v) is 15.8. The Morgan fingerprint density at radius 2 is 1.90 bits per heavy atom. The Bertz CT molecular complexity index is 1750. The topological polar surface area (TPSA) is 76.9 Å². The highest BCUT2D eigenvalue weighted by Crippen LogP contribution is 2.35. The number of aromatic nitrogens is 3. The predicted molar refractivity (Wildman–Crippen MR) is 163 cm³/mol. The highest BCUT2D eigenvalue weighted by molar-refractivity contribution is 7.99. The fourth-order valence-electron chi connectivity index (χ4n) is 4.67.